The number of unbranched alkanes of at least 4 members (excludes halogenated alkanes) is 1. The first kappa shape index (κ1) is 18.0. The van der Waals surface area contributed by atoms with E-state index in [-0.39, 0.29) is 5.82 Å². The number of hydrogen-bond donors (Lipinski definition) is 0. The van der Waals surface area contributed by atoms with Crippen LogP contribution in [0.4, 0.5) is 24.7 Å². The van der Waals surface area contributed by atoms with Gasteiger partial charge in [0, 0.05) is 13.2 Å². The third-order valence-corrected chi connectivity index (χ3v) is 3.61. The predicted octanol–water partition coefficient (Wildman–Crippen LogP) is 4.75. The fraction of sp³-hybridized carbons (Fsp3) is 0.412. The molecule has 0 bridgehead atoms. The number of nitrogens with zero attached hydrogens (tertiary/aromatic N) is 3. The Kier molecular flexibility index (Phi) is 5.64. The van der Waals surface area contributed by atoms with Gasteiger partial charge in [-0.2, -0.15) is 13.2 Å². The van der Waals surface area contributed by atoms with Crippen LogP contribution in [-0.2, 0) is 6.18 Å². The number of para-hydroxylation sites is 1. The highest BCUT2D eigenvalue weighted by Crippen LogP contribution is 2.40. The normalized spacial score (nSPS) is 11.4. The largest absolute Gasteiger partial charge is 0.491 e. The molecule has 0 radical (unpaired) electrons. The first-order valence-corrected chi connectivity index (χ1v) is 7.69. The second kappa shape index (κ2) is 7.51. The van der Waals surface area contributed by atoms with Gasteiger partial charge < -0.3 is 9.64 Å². The number of anilines is 2. The molecule has 0 fully saturated rings. The summed E-state index contributed by atoms with van der Waals surface area (Å²) in [5, 5.41) is 0. The fourth-order valence-electron chi connectivity index (χ4n) is 2.31. The van der Waals surface area contributed by atoms with Crippen LogP contribution < -0.4 is 9.64 Å². The number of halogens is 3. The van der Waals surface area contributed by atoms with Gasteiger partial charge in [0.05, 0.1) is 12.3 Å². The van der Waals surface area contributed by atoms with E-state index in [1.54, 1.807) is 19.2 Å². The van der Waals surface area contributed by atoms with Gasteiger partial charge in [0.25, 0.3) is 0 Å². The van der Waals surface area contributed by atoms with E-state index in [1.165, 1.54) is 4.90 Å². The number of alkyl halides is 3. The van der Waals surface area contributed by atoms with Crippen molar-refractivity contribution < 1.29 is 17.9 Å². The lowest BCUT2D eigenvalue weighted by Gasteiger charge is -2.25. The Labute approximate surface area is 139 Å². The van der Waals surface area contributed by atoms with E-state index in [0.717, 1.165) is 30.9 Å². The van der Waals surface area contributed by atoms with E-state index >= 15 is 0 Å². The first-order chi connectivity index (χ1) is 11.4. The fourth-order valence-corrected chi connectivity index (χ4v) is 2.31. The molecule has 2 rings (SSSR count). The van der Waals surface area contributed by atoms with Crippen LogP contribution in [0.2, 0.25) is 0 Å². The molecule has 0 unspecified atom stereocenters. The summed E-state index contributed by atoms with van der Waals surface area (Å²) in [5.74, 6) is 0.364. The minimum Gasteiger partial charge on any atom is -0.491 e. The molecule has 7 heteroatoms. The van der Waals surface area contributed by atoms with Gasteiger partial charge in [-0.05, 0) is 25.0 Å². The van der Waals surface area contributed by atoms with Crippen molar-refractivity contribution in [2.24, 2.45) is 0 Å². The van der Waals surface area contributed by atoms with Gasteiger partial charge in [-0.3, -0.25) is 0 Å². The molecule has 0 spiro atoms. The second-order valence-corrected chi connectivity index (χ2v) is 5.44. The molecule has 0 aliphatic heterocycles. The Morgan fingerprint density at radius 1 is 1.25 bits per heavy atom. The van der Waals surface area contributed by atoms with Crippen LogP contribution in [0.1, 0.15) is 30.9 Å². The molecule has 24 heavy (non-hydrogen) atoms. The smallest absolute Gasteiger partial charge is 0.421 e. The zero-order valence-electron chi connectivity index (χ0n) is 13.9. The van der Waals surface area contributed by atoms with Crippen LogP contribution in [-0.4, -0.2) is 23.6 Å². The van der Waals surface area contributed by atoms with Crippen molar-refractivity contribution >= 4 is 11.5 Å². The molecule has 4 nitrogen and oxygen atoms in total. The Hall–Kier alpha value is -2.31. The highest BCUT2D eigenvalue weighted by atomic mass is 19.4. The van der Waals surface area contributed by atoms with Gasteiger partial charge in [-0.25, -0.2) is 9.97 Å². The number of aromatic nitrogens is 2. The molecule has 1 heterocycles. The van der Waals surface area contributed by atoms with Crippen LogP contribution >= 0.6 is 0 Å². The molecule has 1 aromatic heterocycles. The Morgan fingerprint density at radius 2 is 2.00 bits per heavy atom. The summed E-state index contributed by atoms with van der Waals surface area (Å²) >= 11 is 0. The number of hydrogen-bond acceptors (Lipinski definition) is 4. The molecule has 0 aliphatic rings. The second-order valence-electron chi connectivity index (χ2n) is 5.44. The van der Waals surface area contributed by atoms with Crippen molar-refractivity contribution in [3.8, 4) is 5.75 Å². The lowest BCUT2D eigenvalue weighted by atomic mass is 10.1. The molecule has 0 saturated carbocycles. The minimum atomic E-state index is -4.53. The van der Waals surface area contributed by atoms with Gasteiger partial charge >= 0.3 is 6.18 Å². The van der Waals surface area contributed by atoms with E-state index < -0.39 is 11.7 Å². The van der Waals surface area contributed by atoms with E-state index in [4.69, 9.17) is 4.74 Å². The summed E-state index contributed by atoms with van der Waals surface area (Å²) in [6.45, 7) is 4.42. The maximum Gasteiger partial charge on any atom is 0.421 e. The maximum atomic E-state index is 13.2. The average Bonchev–Trinajstić information content (AvgIpc) is 2.55. The van der Waals surface area contributed by atoms with Gasteiger partial charge in [0.1, 0.15) is 23.5 Å². The lowest BCUT2D eigenvalue weighted by Crippen LogP contribution is -2.19. The molecule has 0 N–H and O–H groups in total. The van der Waals surface area contributed by atoms with Crippen LogP contribution in [0.5, 0.6) is 5.75 Å². The number of rotatable bonds is 6. The van der Waals surface area contributed by atoms with Crippen molar-refractivity contribution in [2.45, 2.75) is 32.9 Å². The molecular weight excluding hydrogens is 319 g/mol. The molecule has 0 aliphatic carbocycles. The van der Waals surface area contributed by atoms with E-state index in [2.05, 4.69) is 9.97 Å². The molecule has 130 valence electrons. The summed E-state index contributed by atoms with van der Waals surface area (Å²) in [5.41, 5.74) is 0.516. The summed E-state index contributed by atoms with van der Waals surface area (Å²) in [6, 6.07) is 5.36. The highest BCUT2D eigenvalue weighted by Gasteiger charge is 2.36. The van der Waals surface area contributed by atoms with Crippen LogP contribution in [0.25, 0.3) is 0 Å². The predicted molar refractivity (Wildman–Crippen MR) is 86.7 cm³/mol. The highest BCUT2D eigenvalue weighted by molar-refractivity contribution is 5.70. The Balaban J connectivity index is 2.44. The lowest BCUT2D eigenvalue weighted by molar-refractivity contribution is -0.137. The van der Waals surface area contributed by atoms with Crippen molar-refractivity contribution in [3.63, 3.8) is 0 Å². The molecular formula is C17H20F3N3O. The number of benzene rings is 1. The monoisotopic (exact) mass is 339 g/mol. The minimum absolute atomic E-state index is 0.205. The summed E-state index contributed by atoms with van der Waals surface area (Å²) in [6.07, 6.45) is -0.793. The quantitative estimate of drug-likeness (QED) is 0.712. The number of aryl methyl sites for hydroxylation is 1. The summed E-state index contributed by atoms with van der Waals surface area (Å²) in [4.78, 5) is 8.72. The van der Waals surface area contributed by atoms with E-state index in [1.807, 2.05) is 19.9 Å². The Morgan fingerprint density at radius 3 is 2.67 bits per heavy atom. The maximum absolute atomic E-state index is 13.2. The van der Waals surface area contributed by atoms with Crippen LogP contribution in [0.3, 0.4) is 0 Å². The standard InChI is InChI=1S/C17H20F3N3O/c1-4-5-9-24-15-12(2)7-6-8-14(15)23(3)16-13(17(18,19)20)10-21-11-22-16/h6-8,10-11H,4-5,9H2,1-3H3. The van der Waals surface area contributed by atoms with Gasteiger partial charge in [-0.15, -0.1) is 0 Å². The van der Waals surface area contributed by atoms with Crippen LogP contribution in [0.15, 0.2) is 30.7 Å². The van der Waals surface area contributed by atoms with Crippen molar-refractivity contribution in [1.29, 1.82) is 0 Å². The molecule has 0 amide bonds. The Bertz CT molecular complexity index is 689. The van der Waals surface area contributed by atoms with Crippen molar-refractivity contribution in [2.75, 3.05) is 18.6 Å². The zero-order valence-corrected chi connectivity index (χ0v) is 13.9. The number of ether oxygens (including phenoxy) is 1. The van der Waals surface area contributed by atoms with Crippen LogP contribution in [0, 0.1) is 6.92 Å². The molecule has 0 saturated heterocycles. The molecule has 2 aromatic rings. The summed E-state index contributed by atoms with van der Waals surface area (Å²) < 4.78 is 45.5. The zero-order chi connectivity index (χ0) is 17.7. The van der Waals surface area contributed by atoms with Crippen molar-refractivity contribution in [3.05, 3.63) is 41.9 Å². The molecule has 1 aromatic carbocycles. The third-order valence-electron chi connectivity index (χ3n) is 3.61. The van der Waals surface area contributed by atoms with Gasteiger partial charge in [-0.1, -0.05) is 25.5 Å². The third kappa shape index (κ3) is 3.96. The van der Waals surface area contributed by atoms with Gasteiger partial charge in [0.15, 0.2) is 0 Å². The molecule has 0 atom stereocenters. The van der Waals surface area contributed by atoms with Crippen molar-refractivity contribution in [1.82, 2.24) is 9.97 Å². The van der Waals surface area contributed by atoms with Gasteiger partial charge in [0.2, 0.25) is 0 Å². The van der Waals surface area contributed by atoms with E-state index in [9.17, 15) is 13.2 Å². The first-order valence-electron chi connectivity index (χ1n) is 7.69. The summed E-state index contributed by atoms with van der Waals surface area (Å²) in [7, 11) is 1.54. The average molecular weight is 339 g/mol. The SMILES string of the molecule is CCCCOc1c(C)cccc1N(C)c1ncncc1C(F)(F)F. The van der Waals surface area contributed by atoms with E-state index in [0.29, 0.717) is 18.0 Å². The topological polar surface area (TPSA) is 38.2 Å².